The van der Waals surface area contributed by atoms with Crippen molar-refractivity contribution in [3.63, 3.8) is 0 Å². The molecule has 0 N–H and O–H groups in total. The summed E-state index contributed by atoms with van der Waals surface area (Å²) in [7, 11) is 0. The van der Waals surface area contributed by atoms with Crippen molar-refractivity contribution in [1.82, 2.24) is 14.7 Å². The van der Waals surface area contributed by atoms with E-state index in [4.69, 9.17) is 0 Å². The van der Waals surface area contributed by atoms with E-state index in [1.54, 1.807) is 0 Å². The van der Waals surface area contributed by atoms with Gasteiger partial charge in [-0.3, -0.25) is 9.48 Å². The van der Waals surface area contributed by atoms with Crippen molar-refractivity contribution in [2.24, 2.45) is 5.92 Å². The van der Waals surface area contributed by atoms with Gasteiger partial charge in [-0.15, -0.1) is 0 Å². The van der Waals surface area contributed by atoms with Crippen LogP contribution in [0, 0.1) is 19.8 Å². The van der Waals surface area contributed by atoms with Crippen molar-refractivity contribution in [2.75, 3.05) is 6.54 Å². The molecule has 0 spiro atoms. The van der Waals surface area contributed by atoms with Gasteiger partial charge in [-0.05, 0) is 39.5 Å². The van der Waals surface area contributed by atoms with Gasteiger partial charge in [0, 0.05) is 30.4 Å². The maximum Gasteiger partial charge on any atom is 0.227 e. The Kier molecular flexibility index (Phi) is 5.65. The molecule has 0 aliphatic heterocycles. The minimum atomic E-state index is 0.268. The van der Waals surface area contributed by atoms with Gasteiger partial charge in [0.05, 0.1) is 12.1 Å². The first kappa shape index (κ1) is 17.0. The zero-order chi connectivity index (χ0) is 16.3. The van der Waals surface area contributed by atoms with Crippen molar-refractivity contribution in [1.29, 1.82) is 0 Å². The smallest absolute Gasteiger partial charge is 0.227 e. The van der Waals surface area contributed by atoms with Gasteiger partial charge in [0.25, 0.3) is 0 Å². The zero-order valence-electron chi connectivity index (χ0n) is 14.9. The first-order valence-corrected chi connectivity index (χ1v) is 8.76. The predicted molar refractivity (Wildman–Crippen MR) is 89.9 cm³/mol. The van der Waals surface area contributed by atoms with Crippen LogP contribution < -0.4 is 0 Å². The summed E-state index contributed by atoms with van der Waals surface area (Å²) in [5, 5.41) is 4.63. The van der Waals surface area contributed by atoms with Crippen LogP contribution in [0.3, 0.4) is 0 Å². The molecule has 1 aromatic rings. The highest BCUT2D eigenvalue weighted by atomic mass is 16.2. The molecular formula is C18H31N3O. The second kappa shape index (κ2) is 7.30. The van der Waals surface area contributed by atoms with Crippen LogP contribution in [0.5, 0.6) is 0 Å². The van der Waals surface area contributed by atoms with Crippen LogP contribution in [0.2, 0.25) is 0 Å². The number of likely N-dealkylation sites (N-methyl/N-ethyl adjacent to an activating group) is 1. The molecule has 0 aromatic carbocycles. The van der Waals surface area contributed by atoms with Crippen LogP contribution in [-0.2, 0) is 17.8 Å². The number of carbonyl (C=O) groups is 1. The molecule has 1 aliphatic carbocycles. The van der Waals surface area contributed by atoms with Gasteiger partial charge in [0.15, 0.2) is 0 Å². The average molecular weight is 305 g/mol. The van der Waals surface area contributed by atoms with Crippen molar-refractivity contribution in [2.45, 2.75) is 79.3 Å². The Labute approximate surface area is 134 Å². The predicted octanol–water partition coefficient (Wildman–Crippen LogP) is 3.49. The highest BCUT2D eigenvalue weighted by Crippen LogP contribution is 2.25. The lowest BCUT2D eigenvalue weighted by molar-refractivity contribution is -0.132. The summed E-state index contributed by atoms with van der Waals surface area (Å²) < 4.78 is 2.06. The van der Waals surface area contributed by atoms with Crippen LogP contribution in [0.1, 0.15) is 63.4 Å². The largest absolute Gasteiger partial charge is 0.340 e. The second-order valence-electron chi connectivity index (χ2n) is 7.02. The highest BCUT2D eigenvalue weighted by Gasteiger charge is 2.26. The van der Waals surface area contributed by atoms with Crippen molar-refractivity contribution >= 4 is 5.91 Å². The monoisotopic (exact) mass is 305 g/mol. The summed E-state index contributed by atoms with van der Waals surface area (Å²) in [5.74, 6) is 0.830. The molecular weight excluding hydrogens is 274 g/mol. The third-order valence-electron chi connectivity index (χ3n) is 4.82. The maximum atomic E-state index is 12.8. The Hall–Kier alpha value is -1.32. The molecule has 0 bridgehead atoms. The lowest BCUT2D eigenvalue weighted by Gasteiger charge is -2.27. The van der Waals surface area contributed by atoms with E-state index in [0.717, 1.165) is 30.0 Å². The zero-order valence-corrected chi connectivity index (χ0v) is 14.9. The van der Waals surface area contributed by atoms with Crippen LogP contribution in [0.25, 0.3) is 0 Å². The van der Waals surface area contributed by atoms with Gasteiger partial charge >= 0.3 is 0 Å². The van der Waals surface area contributed by atoms with Crippen LogP contribution in [-0.4, -0.2) is 33.2 Å². The number of aryl methyl sites for hydroxylation is 1. The number of hydrogen-bond donors (Lipinski definition) is 0. The van der Waals surface area contributed by atoms with Crippen molar-refractivity contribution in [3.8, 4) is 0 Å². The molecule has 0 atom stereocenters. The minimum Gasteiger partial charge on any atom is -0.340 e. The first-order chi connectivity index (χ1) is 10.4. The Morgan fingerprint density at radius 3 is 2.50 bits per heavy atom. The molecule has 2 rings (SSSR count). The van der Waals surface area contributed by atoms with E-state index < -0.39 is 0 Å². The number of carbonyl (C=O) groups excluding carboxylic acids is 1. The second-order valence-corrected chi connectivity index (χ2v) is 7.02. The summed E-state index contributed by atoms with van der Waals surface area (Å²) in [5.41, 5.74) is 3.29. The Bertz CT molecular complexity index is 513. The quantitative estimate of drug-likeness (QED) is 0.807. The summed E-state index contributed by atoms with van der Waals surface area (Å²) in [6.45, 7) is 12.3. The number of nitrogens with zero attached hydrogens (tertiary/aromatic N) is 3. The standard InChI is InChI=1S/C18H31N3O/c1-6-20(16-9-7-8-10-16)18(22)11-17-14(4)19-21(15(17)5)12-13(2)3/h13,16H,6-12H2,1-5H3. The van der Waals surface area contributed by atoms with Gasteiger partial charge in [-0.1, -0.05) is 26.7 Å². The summed E-state index contributed by atoms with van der Waals surface area (Å²) >= 11 is 0. The van der Waals surface area contributed by atoms with Gasteiger partial charge in [-0.2, -0.15) is 5.10 Å². The van der Waals surface area contributed by atoms with Gasteiger partial charge in [0.1, 0.15) is 0 Å². The molecule has 1 fully saturated rings. The lowest BCUT2D eigenvalue weighted by atomic mass is 10.1. The maximum absolute atomic E-state index is 12.8. The fourth-order valence-corrected chi connectivity index (χ4v) is 3.62. The Morgan fingerprint density at radius 2 is 1.95 bits per heavy atom. The number of hydrogen-bond acceptors (Lipinski definition) is 2. The van der Waals surface area contributed by atoms with Gasteiger partial charge < -0.3 is 4.90 Å². The van der Waals surface area contributed by atoms with Crippen LogP contribution in [0.4, 0.5) is 0 Å². The lowest BCUT2D eigenvalue weighted by Crippen LogP contribution is -2.39. The summed E-state index contributed by atoms with van der Waals surface area (Å²) in [6.07, 6.45) is 5.37. The molecule has 1 heterocycles. The topological polar surface area (TPSA) is 38.1 Å². The molecule has 1 amide bonds. The van der Waals surface area contributed by atoms with Gasteiger partial charge in [0.2, 0.25) is 5.91 Å². The molecule has 22 heavy (non-hydrogen) atoms. The summed E-state index contributed by atoms with van der Waals surface area (Å²) in [4.78, 5) is 14.8. The van der Waals surface area contributed by atoms with Crippen molar-refractivity contribution < 1.29 is 4.79 Å². The van der Waals surface area contributed by atoms with E-state index in [-0.39, 0.29) is 5.91 Å². The fraction of sp³-hybridized carbons (Fsp3) is 0.778. The molecule has 4 heteroatoms. The van der Waals surface area contributed by atoms with E-state index in [2.05, 4.69) is 42.4 Å². The molecule has 1 aromatic heterocycles. The van der Waals surface area contributed by atoms with E-state index >= 15 is 0 Å². The first-order valence-electron chi connectivity index (χ1n) is 8.76. The Morgan fingerprint density at radius 1 is 1.32 bits per heavy atom. The highest BCUT2D eigenvalue weighted by molar-refractivity contribution is 5.79. The third-order valence-corrected chi connectivity index (χ3v) is 4.82. The van der Waals surface area contributed by atoms with E-state index in [9.17, 15) is 4.79 Å². The van der Waals surface area contributed by atoms with Crippen molar-refractivity contribution in [3.05, 3.63) is 17.0 Å². The normalized spacial score (nSPS) is 15.7. The number of aromatic nitrogens is 2. The Balaban J connectivity index is 2.11. The summed E-state index contributed by atoms with van der Waals surface area (Å²) in [6, 6.07) is 0.462. The molecule has 124 valence electrons. The molecule has 4 nitrogen and oxygen atoms in total. The third kappa shape index (κ3) is 3.71. The molecule has 0 unspecified atom stereocenters. The molecule has 0 saturated heterocycles. The van der Waals surface area contributed by atoms with Gasteiger partial charge in [-0.25, -0.2) is 0 Å². The molecule has 1 saturated carbocycles. The minimum absolute atomic E-state index is 0.268. The average Bonchev–Trinajstić information content (AvgIpc) is 3.04. The molecule has 1 aliphatic rings. The SMILES string of the molecule is CCN(C(=O)Cc1c(C)nn(CC(C)C)c1C)C1CCCC1. The fourth-order valence-electron chi connectivity index (χ4n) is 3.62. The van der Waals surface area contributed by atoms with Crippen LogP contribution >= 0.6 is 0 Å². The van der Waals surface area contributed by atoms with E-state index in [1.165, 1.54) is 25.7 Å². The molecule has 0 radical (unpaired) electrons. The number of rotatable bonds is 6. The van der Waals surface area contributed by atoms with E-state index in [1.807, 2.05) is 6.92 Å². The number of amides is 1. The van der Waals surface area contributed by atoms with E-state index in [0.29, 0.717) is 18.4 Å². The van der Waals surface area contributed by atoms with Crippen LogP contribution in [0.15, 0.2) is 0 Å².